The van der Waals surface area contributed by atoms with Crippen LogP contribution in [0.4, 0.5) is 0 Å². The second kappa shape index (κ2) is 9.19. The molecule has 4 heteroatoms. The summed E-state index contributed by atoms with van der Waals surface area (Å²) in [7, 11) is 4.06. The standard InChI is InChI=1S/C18H20NO2.Y/c1-14(19(2)3)18(16-7-5-4-6-8-16)21-17-11-9-15(13-20)10-12-17;/h4-11,13-14,18H,1-3H3;/q-1;. The number of carbonyl (C=O) groups excluding carboxylic acids is 1. The molecule has 0 bridgehead atoms. The number of ether oxygens (including phenoxy) is 1. The van der Waals surface area contributed by atoms with Gasteiger partial charge in [-0.3, -0.25) is 0 Å². The molecule has 0 aliphatic heterocycles. The van der Waals surface area contributed by atoms with Crippen molar-refractivity contribution in [2.24, 2.45) is 0 Å². The number of benzene rings is 2. The quantitative estimate of drug-likeness (QED) is 0.576. The molecule has 0 saturated heterocycles. The third-order valence-electron chi connectivity index (χ3n) is 3.58. The predicted octanol–water partition coefficient (Wildman–Crippen LogP) is 3.37. The number of aldehydes is 1. The molecule has 2 atom stereocenters. The Balaban J connectivity index is 0.00000242. The molecule has 0 aliphatic rings. The van der Waals surface area contributed by atoms with Crippen molar-refractivity contribution in [2.45, 2.75) is 19.1 Å². The van der Waals surface area contributed by atoms with Gasteiger partial charge in [-0.15, -0.1) is 12.1 Å². The average Bonchev–Trinajstić information content (AvgIpc) is 2.53. The van der Waals surface area contributed by atoms with Gasteiger partial charge in [0.1, 0.15) is 6.10 Å². The van der Waals surface area contributed by atoms with Crippen LogP contribution in [0.1, 0.15) is 28.9 Å². The Morgan fingerprint density at radius 2 is 1.82 bits per heavy atom. The Kier molecular flexibility index (Phi) is 7.94. The molecule has 2 aromatic rings. The summed E-state index contributed by atoms with van der Waals surface area (Å²) >= 11 is 0. The molecule has 0 aliphatic carbocycles. The normalized spacial score (nSPS) is 13.1. The fraction of sp³-hybridized carbons (Fsp3) is 0.278. The molecule has 1 radical (unpaired) electrons. The van der Waals surface area contributed by atoms with E-state index in [0.29, 0.717) is 11.3 Å². The first-order valence-electron chi connectivity index (χ1n) is 6.96. The van der Waals surface area contributed by atoms with E-state index in [2.05, 4.69) is 30.0 Å². The Labute approximate surface area is 157 Å². The molecule has 0 amide bonds. The molecule has 2 unspecified atom stereocenters. The van der Waals surface area contributed by atoms with Crippen LogP contribution in [0, 0.1) is 6.07 Å². The molecule has 0 aromatic heterocycles. The SMILES string of the molecule is CC(C(Oc1[c-]cc(C=O)cc1)c1ccccc1)N(C)C.[Y]. The maximum absolute atomic E-state index is 10.7. The molecule has 3 nitrogen and oxygen atoms in total. The summed E-state index contributed by atoms with van der Waals surface area (Å²) in [6, 6.07) is 18.5. The van der Waals surface area contributed by atoms with Crippen molar-refractivity contribution in [3.05, 3.63) is 65.7 Å². The second-order valence-electron chi connectivity index (χ2n) is 5.26. The van der Waals surface area contributed by atoms with Crippen LogP contribution in [0.2, 0.25) is 0 Å². The monoisotopic (exact) mass is 371 g/mol. The number of nitrogens with zero attached hydrogens (tertiary/aromatic N) is 1. The molecule has 22 heavy (non-hydrogen) atoms. The summed E-state index contributed by atoms with van der Waals surface area (Å²) in [6.45, 7) is 2.12. The van der Waals surface area contributed by atoms with Crippen molar-refractivity contribution in [3.63, 3.8) is 0 Å². The van der Waals surface area contributed by atoms with Crippen molar-refractivity contribution >= 4 is 6.29 Å². The van der Waals surface area contributed by atoms with Gasteiger partial charge >= 0.3 is 0 Å². The molecular formula is C18H20NO2Y-. The van der Waals surface area contributed by atoms with Crippen LogP contribution in [0.5, 0.6) is 5.75 Å². The van der Waals surface area contributed by atoms with E-state index < -0.39 is 0 Å². The van der Waals surface area contributed by atoms with Crippen molar-refractivity contribution in [1.82, 2.24) is 4.90 Å². The zero-order valence-corrected chi connectivity index (χ0v) is 16.0. The van der Waals surface area contributed by atoms with Gasteiger partial charge in [-0.2, -0.15) is 12.1 Å². The van der Waals surface area contributed by atoms with E-state index >= 15 is 0 Å². The molecular weight excluding hydrogens is 351 g/mol. The van der Waals surface area contributed by atoms with Crippen LogP contribution in [0.3, 0.4) is 0 Å². The minimum absolute atomic E-state index is 0. The minimum atomic E-state index is -0.0977. The summed E-state index contributed by atoms with van der Waals surface area (Å²) in [5, 5.41) is 0. The number of rotatable bonds is 6. The summed E-state index contributed by atoms with van der Waals surface area (Å²) < 4.78 is 6.11. The third-order valence-corrected chi connectivity index (χ3v) is 3.58. The minimum Gasteiger partial charge on any atom is -0.510 e. The van der Waals surface area contributed by atoms with E-state index in [0.717, 1.165) is 11.8 Å². The number of likely N-dealkylation sites (N-methyl/N-ethyl adjacent to an activating group) is 1. The summed E-state index contributed by atoms with van der Waals surface area (Å²) in [5.74, 6) is 0.642. The molecule has 0 saturated carbocycles. The fourth-order valence-electron chi connectivity index (χ4n) is 2.06. The smallest absolute Gasteiger partial charge is 0.136 e. The summed E-state index contributed by atoms with van der Waals surface area (Å²) in [5.41, 5.74) is 1.71. The molecule has 113 valence electrons. The first-order chi connectivity index (χ1) is 10.1. The van der Waals surface area contributed by atoms with Crippen molar-refractivity contribution in [2.75, 3.05) is 14.1 Å². The van der Waals surface area contributed by atoms with E-state index in [9.17, 15) is 4.79 Å². The second-order valence-corrected chi connectivity index (χ2v) is 5.26. The van der Waals surface area contributed by atoms with Crippen LogP contribution in [0.15, 0.2) is 48.5 Å². The van der Waals surface area contributed by atoms with Gasteiger partial charge in [0.15, 0.2) is 0 Å². The molecule has 0 N–H and O–H groups in total. The fourth-order valence-corrected chi connectivity index (χ4v) is 2.06. The van der Waals surface area contributed by atoms with E-state index in [1.807, 2.05) is 32.3 Å². The van der Waals surface area contributed by atoms with Crippen molar-refractivity contribution < 1.29 is 42.2 Å². The molecule has 0 fully saturated rings. The van der Waals surface area contributed by atoms with Gasteiger partial charge in [-0.05, 0) is 26.6 Å². The van der Waals surface area contributed by atoms with E-state index in [1.54, 1.807) is 18.2 Å². The predicted molar refractivity (Wildman–Crippen MR) is 83.6 cm³/mol. The summed E-state index contributed by atoms with van der Waals surface area (Å²) in [4.78, 5) is 12.8. The van der Waals surface area contributed by atoms with Gasteiger partial charge in [0.25, 0.3) is 0 Å². The van der Waals surface area contributed by atoms with Gasteiger partial charge in [0.2, 0.25) is 0 Å². The molecule has 0 spiro atoms. The van der Waals surface area contributed by atoms with E-state index in [-0.39, 0.29) is 44.9 Å². The van der Waals surface area contributed by atoms with Gasteiger partial charge in [0.05, 0.1) is 6.29 Å². The first kappa shape index (κ1) is 19.0. The maximum Gasteiger partial charge on any atom is 0.136 e. The first-order valence-corrected chi connectivity index (χ1v) is 6.96. The van der Waals surface area contributed by atoms with Crippen LogP contribution in [-0.2, 0) is 32.7 Å². The zero-order valence-electron chi connectivity index (χ0n) is 13.2. The van der Waals surface area contributed by atoms with Gasteiger partial charge < -0.3 is 14.4 Å². The van der Waals surface area contributed by atoms with Crippen molar-refractivity contribution in [3.8, 4) is 5.75 Å². The van der Waals surface area contributed by atoms with Gasteiger partial charge in [-0.25, -0.2) is 0 Å². The van der Waals surface area contributed by atoms with Gasteiger partial charge in [0, 0.05) is 44.5 Å². The Bertz CT molecular complexity index is 569. The van der Waals surface area contributed by atoms with E-state index in [1.165, 1.54) is 0 Å². The van der Waals surface area contributed by atoms with Crippen molar-refractivity contribution in [1.29, 1.82) is 0 Å². The largest absolute Gasteiger partial charge is 0.510 e. The van der Waals surface area contributed by atoms with Gasteiger partial charge in [-0.1, -0.05) is 35.9 Å². The molecule has 0 heterocycles. The number of carbonyl (C=O) groups is 1. The van der Waals surface area contributed by atoms with Crippen LogP contribution in [-0.4, -0.2) is 31.3 Å². The Hall–Kier alpha value is -1.03. The summed E-state index contributed by atoms with van der Waals surface area (Å²) in [6.07, 6.45) is 0.705. The Morgan fingerprint density at radius 3 is 2.32 bits per heavy atom. The molecule has 2 rings (SSSR count). The zero-order chi connectivity index (χ0) is 15.2. The van der Waals surface area contributed by atoms with E-state index in [4.69, 9.17) is 4.74 Å². The number of hydrogen-bond acceptors (Lipinski definition) is 3. The maximum atomic E-state index is 10.7. The van der Waals surface area contributed by atoms with Crippen LogP contribution < -0.4 is 4.74 Å². The number of hydrogen-bond donors (Lipinski definition) is 0. The Morgan fingerprint density at radius 1 is 1.14 bits per heavy atom. The topological polar surface area (TPSA) is 29.5 Å². The van der Waals surface area contributed by atoms with Crippen LogP contribution >= 0.6 is 0 Å². The third kappa shape index (κ3) is 5.01. The average molecular weight is 371 g/mol. The molecule has 2 aromatic carbocycles. The van der Waals surface area contributed by atoms with Crippen LogP contribution in [0.25, 0.3) is 0 Å².